The van der Waals surface area contributed by atoms with Crippen LogP contribution in [0.4, 0.5) is 0 Å². The van der Waals surface area contributed by atoms with Crippen LogP contribution in [0.15, 0.2) is 87.7 Å². The molecule has 0 aliphatic carbocycles. The second kappa shape index (κ2) is 8.55. The minimum Gasteiger partial charge on any atom is -0.497 e. The molecule has 0 saturated carbocycles. The molecule has 2 aromatic carbocycles. The van der Waals surface area contributed by atoms with E-state index >= 15 is 0 Å². The Bertz CT molecular complexity index is 1620. The van der Waals surface area contributed by atoms with Crippen molar-refractivity contribution in [2.75, 3.05) is 7.11 Å². The standard InChI is InChI=1S/C25H20N4O3S/c1-16-7-6-12-28-22(30)13-17(26-23(16)28)15-33-25-27-21-11-4-3-10-20(21)24(31)29(25)18-8-5-9-19(14-18)32-2/h3-14H,15H2,1-2H3. The average Bonchev–Trinajstić information content (AvgIpc) is 2.83. The molecule has 0 spiro atoms. The minimum atomic E-state index is -0.168. The van der Waals surface area contributed by atoms with Gasteiger partial charge in [0.1, 0.15) is 11.4 Å². The van der Waals surface area contributed by atoms with Crippen LogP contribution >= 0.6 is 11.8 Å². The molecule has 0 unspecified atom stereocenters. The molecule has 0 radical (unpaired) electrons. The molecule has 0 aliphatic rings. The largest absolute Gasteiger partial charge is 0.497 e. The molecular formula is C25H20N4O3S. The highest BCUT2D eigenvalue weighted by atomic mass is 32.2. The van der Waals surface area contributed by atoms with Gasteiger partial charge < -0.3 is 4.74 Å². The van der Waals surface area contributed by atoms with Crippen LogP contribution in [0.25, 0.3) is 22.2 Å². The fraction of sp³-hybridized carbons (Fsp3) is 0.120. The van der Waals surface area contributed by atoms with E-state index in [1.165, 1.54) is 22.2 Å². The molecular weight excluding hydrogens is 436 g/mol. The van der Waals surface area contributed by atoms with Crippen LogP contribution in [0.3, 0.4) is 0 Å². The Labute approximate surface area is 193 Å². The minimum absolute atomic E-state index is 0.143. The van der Waals surface area contributed by atoms with E-state index in [-0.39, 0.29) is 11.1 Å². The molecule has 0 amide bonds. The van der Waals surface area contributed by atoms with Crippen LogP contribution in [-0.4, -0.2) is 26.0 Å². The summed E-state index contributed by atoms with van der Waals surface area (Å²) in [4.78, 5) is 35.4. The lowest BCUT2D eigenvalue weighted by atomic mass is 10.2. The smallest absolute Gasteiger partial charge is 0.266 e. The maximum Gasteiger partial charge on any atom is 0.266 e. The molecule has 5 aromatic rings. The number of aryl methyl sites for hydroxylation is 1. The van der Waals surface area contributed by atoms with E-state index in [0.29, 0.717) is 44.6 Å². The summed E-state index contributed by atoms with van der Waals surface area (Å²) in [5, 5.41) is 1.04. The van der Waals surface area contributed by atoms with Crippen LogP contribution in [0, 0.1) is 6.92 Å². The maximum atomic E-state index is 13.4. The van der Waals surface area contributed by atoms with Crippen molar-refractivity contribution >= 4 is 28.3 Å². The van der Waals surface area contributed by atoms with Crippen LogP contribution < -0.4 is 15.9 Å². The van der Waals surface area contributed by atoms with Gasteiger partial charge in [-0.3, -0.25) is 18.6 Å². The fourth-order valence-corrected chi connectivity index (χ4v) is 4.61. The summed E-state index contributed by atoms with van der Waals surface area (Å²) in [6.07, 6.45) is 1.71. The van der Waals surface area contributed by atoms with E-state index in [2.05, 4.69) is 4.98 Å². The van der Waals surface area contributed by atoms with Gasteiger partial charge in [-0.25, -0.2) is 9.97 Å². The number of pyridine rings is 1. The van der Waals surface area contributed by atoms with Crippen molar-refractivity contribution in [2.24, 2.45) is 0 Å². The lowest BCUT2D eigenvalue weighted by Gasteiger charge is -2.14. The molecule has 0 aliphatic heterocycles. The zero-order valence-corrected chi connectivity index (χ0v) is 18.9. The number of rotatable bonds is 5. The number of para-hydroxylation sites is 1. The summed E-state index contributed by atoms with van der Waals surface area (Å²) >= 11 is 1.36. The number of ether oxygens (including phenoxy) is 1. The highest BCUT2D eigenvalue weighted by Crippen LogP contribution is 2.25. The molecule has 0 saturated heterocycles. The number of hydrogen-bond acceptors (Lipinski definition) is 6. The molecule has 33 heavy (non-hydrogen) atoms. The van der Waals surface area contributed by atoms with Gasteiger partial charge in [-0.2, -0.15) is 0 Å². The average molecular weight is 457 g/mol. The fourth-order valence-electron chi connectivity index (χ4n) is 3.71. The summed E-state index contributed by atoms with van der Waals surface area (Å²) in [7, 11) is 1.59. The van der Waals surface area contributed by atoms with E-state index in [0.717, 1.165) is 5.56 Å². The molecule has 5 rings (SSSR count). The maximum absolute atomic E-state index is 13.4. The van der Waals surface area contributed by atoms with Crippen molar-refractivity contribution in [3.63, 3.8) is 0 Å². The van der Waals surface area contributed by atoms with E-state index < -0.39 is 0 Å². The van der Waals surface area contributed by atoms with Gasteiger partial charge >= 0.3 is 0 Å². The van der Waals surface area contributed by atoms with Gasteiger partial charge in [0, 0.05) is 24.1 Å². The molecule has 0 N–H and O–H groups in total. The van der Waals surface area contributed by atoms with Crippen LogP contribution in [-0.2, 0) is 5.75 Å². The highest BCUT2D eigenvalue weighted by Gasteiger charge is 2.15. The topological polar surface area (TPSA) is 78.5 Å². The van der Waals surface area contributed by atoms with E-state index in [9.17, 15) is 9.59 Å². The van der Waals surface area contributed by atoms with Crippen molar-refractivity contribution < 1.29 is 4.74 Å². The molecule has 8 heteroatoms. The van der Waals surface area contributed by atoms with Crippen molar-refractivity contribution in [1.82, 2.24) is 18.9 Å². The summed E-state index contributed by atoms with van der Waals surface area (Å²) < 4.78 is 8.46. The third-order valence-electron chi connectivity index (χ3n) is 5.34. The van der Waals surface area contributed by atoms with Gasteiger partial charge in [-0.1, -0.05) is 36.0 Å². The summed E-state index contributed by atoms with van der Waals surface area (Å²) in [5.41, 5.74) is 3.12. The SMILES string of the molecule is COc1cccc(-n2c(SCc3cc(=O)n4cccc(C)c4n3)nc3ccccc3c2=O)c1. The van der Waals surface area contributed by atoms with Crippen LogP contribution in [0.5, 0.6) is 5.75 Å². The molecule has 3 heterocycles. The number of nitrogens with zero attached hydrogens (tertiary/aromatic N) is 4. The first kappa shape index (κ1) is 21.0. The van der Waals surface area contributed by atoms with Gasteiger partial charge in [-0.05, 0) is 42.8 Å². The second-order valence-corrected chi connectivity index (χ2v) is 8.46. The Morgan fingerprint density at radius 2 is 1.82 bits per heavy atom. The van der Waals surface area contributed by atoms with Gasteiger partial charge in [0.25, 0.3) is 11.1 Å². The first-order chi connectivity index (χ1) is 16.0. The third kappa shape index (κ3) is 3.89. The Morgan fingerprint density at radius 1 is 0.970 bits per heavy atom. The van der Waals surface area contributed by atoms with Crippen molar-refractivity contribution in [3.05, 3.63) is 105 Å². The number of aromatic nitrogens is 4. The van der Waals surface area contributed by atoms with E-state index in [1.807, 2.05) is 55.5 Å². The zero-order valence-electron chi connectivity index (χ0n) is 18.1. The molecule has 3 aromatic heterocycles. The normalized spacial score (nSPS) is 11.2. The van der Waals surface area contributed by atoms with Crippen LogP contribution in [0.1, 0.15) is 11.3 Å². The lowest BCUT2D eigenvalue weighted by Crippen LogP contribution is -2.22. The predicted molar refractivity (Wildman–Crippen MR) is 130 cm³/mol. The zero-order chi connectivity index (χ0) is 22.9. The Balaban J connectivity index is 1.62. The number of benzene rings is 2. The Morgan fingerprint density at radius 3 is 2.67 bits per heavy atom. The first-order valence-corrected chi connectivity index (χ1v) is 11.3. The molecule has 0 atom stereocenters. The predicted octanol–water partition coefficient (Wildman–Crippen LogP) is 4.00. The second-order valence-electron chi connectivity index (χ2n) is 7.51. The third-order valence-corrected chi connectivity index (χ3v) is 6.32. The lowest BCUT2D eigenvalue weighted by molar-refractivity contribution is 0.414. The van der Waals surface area contributed by atoms with E-state index in [1.54, 1.807) is 30.0 Å². The number of fused-ring (bicyclic) bond motifs is 2. The summed E-state index contributed by atoms with van der Waals surface area (Å²) in [6, 6.07) is 19.8. The van der Waals surface area contributed by atoms with Gasteiger partial charge in [0.15, 0.2) is 5.16 Å². The molecule has 0 bridgehead atoms. The highest BCUT2D eigenvalue weighted by molar-refractivity contribution is 7.98. The Hall–Kier alpha value is -3.91. The first-order valence-electron chi connectivity index (χ1n) is 10.3. The van der Waals surface area contributed by atoms with Gasteiger partial charge in [0.2, 0.25) is 0 Å². The van der Waals surface area contributed by atoms with E-state index in [4.69, 9.17) is 9.72 Å². The summed E-state index contributed by atoms with van der Waals surface area (Å²) in [5.74, 6) is 1.03. The monoisotopic (exact) mass is 456 g/mol. The molecule has 164 valence electrons. The van der Waals surface area contributed by atoms with Crippen molar-refractivity contribution in [2.45, 2.75) is 17.8 Å². The number of methoxy groups -OCH3 is 1. The molecule has 0 fully saturated rings. The van der Waals surface area contributed by atoms with Crippen molar-refractivity contribution in [3.8, 4) is 11.4 Å². The quantitative estimate of drug-likeness (QED) is 0.294. The summed E-state index contributed by atoms with van der Waals surface area (Å²) in [6.45, 7) is 1.92. The van der Waals surface area contributed by atoms with Crippen molar-refractivity contribution in [1.29, 1.82) is 0 Å². The molecule has 7 nitrogen and oxygen atoms in total. The van der Waals surface area contributed by atoms with Crippen LogP contribution in [0.2, 0.25) is 0 Å². The van der Waals surface area contributed by atoms with Gasteiger partial charge in [-0.15, -0.1) is 0 Å². The van der Waals surface area contributed by atoms with Gasteiger partial charge in [0.05, 0.1) is 29.4 Å². The Kier molecular flexibility index (Phi) is 5.43. The number of hydrogen-bond donors (Lipinski definition) is 0. The number of thioether (sulfide) groups is 1.